The molecule has 1 aromatic carbocycles. The van der Waals surface area contributed by atoms with Crippen LogP contribution in [0.25, 0.3) is 0 Å². The summed E-state index contributed by atoms with van der Waals surface area (Å²) < 4.78 is 5.17. The van der Waals surface area contributed by atoms with E-state index >= 15 is 0 Å². The number of nitrogens with zero attached hydrogens (tertiary/aromatic N) is 3. The molecule has 0 saturated carbocycles. The zero-order chi connectivity index (χ0) is 15.7. The smallest absolute Gasteiger partial charge is 0.332 e. The summed E-state index contributed by atoms with van der Waals surface area (Å²) in [5, 5.41) is 0. The van der Waals surface area contributed by atoms with E-state index in [2.05, 4.69) is 11.5 Å². The molecule has 1 atom stereocenters. The normalized spacial score (nSPS) is 22.0. The molecule has 0 bridgehead atoms. The first-order valence-corrected chi connectivity index (χ1v) is 7.27. The second-order valence-electron chi connectivity index (χ2n) is 5.42. The van der Waals surface area contributed by atoms with Crippen LogP contribution in [0, 0.1) is 0 Å². The predicted molar refractivity (Wildman–Crippen MR) is 83.0 cm³/mol. The third kappa shape index (κ3) is 2.35. The molecule has 6 nitrogen and oxygen atoms in total. The van der Waals surface area contributed by atoms with E-state index in [1.54, 1.807) is 36.3 Å². The number of ether oxygens (including phenoxy) is 1. The number of carbonyl (C=O) groups is 2. The molecule has 3 rings (SSSR count). The van der Waals surface area contributed by atoms with Crippen molar-refractivity contribution in [1.29, 1.82) is 0 Å². The molecule has 0 N–H and O–H groups in total. The van der Waals surface area contributed by atoms with Gasteiger partial charge in [-0.15, -0.1) is 6.58 Å². The minimum absolute atomic E-state index is 0.174. The number of rotatable bonds is 4. The maximum Gasteiger partial charge on any atom is 0.332 e. The molecule has 22 heavy (non-hydrogen) atoms. The molecule has 0 aromatic heterocycles. The van der Waals surface area contributed by atoms with Crippen LogP contribution in [0.5, 0.6) is 5.75 Å². The zero-order valence-corrected chi connectivity index (χ0v) is 12.6. The summed E-state index contributed by atoms with van der Waals surface area (Å²) in [7, 11) is 1.56. The lowest BCUT2D eigenvalue weighted by molar-refractivity contribution is -0.121. The van der Waals surface area contributed by atoms with Gasteiger partial charge >= 0.3 is 6.03 Å². The first-order chi connectivity index (χ1) is 10.7. The number of imide groups is 1. The van der Waals surface area contributed by atoms with Crippen molar-refractivity contribution in [3.05, 3.63) is 36.9 Å². The van der Waals surface area contributed by atoms with Gasteiger partial charge in [0, 0.05) is 32.2 Å². The lowest BCUT2D eigenvalue weighted by atomic mass is 10.2. The largest absolute Gasteiger partial charge is 0.497 e. The van der Waals surface area contributed by atoms with Crippen LogP contribution in [0.3, 0.4) is 0 Å². The van der Waals surface area contributed by atoms with Gasteiger partial charge in [-0.25, -0.2) is 9.69 Å². The van der Waals surface area contributed by atoms with Crippen LogP contribution in [0.15, 0.2) is 36.9 Å². The molecule has 3 amide bonds. The topological polar surface area (TPSA) is 53.1 Å². The van der Waals surface area contributed by atoms with E-state index in [4.69, 9.17) is 4.74 Å². The van der Waals surface area contributed by atoms with Gasteiger partial charge in [-0.2, -0.15) is 0 Å². The third-order valence-electron chi connectivity index (χ3n) is 4.11. The van der Waals surface area contributed by atoms with E-state index in [0.717, 1.165) is 13.1 Å². The van der Waals surface area contributed by atoms with Crippen molar-refractivity contribution in [3.8, 4) is 5.75 Å². The van der Waals surface area contributed by atoms with Gasteiger partial charge in [0.25, 0.3) is 5.91 Å². The molecule has 2 saturated heterocycles. The maximum atomic E-state index is 12.7. The van der Waals surface area contributed by atoms with E-state index < -0.39 is 6.04 Å². The molecule has 2 aliphatic rings. The van der Waals surface area contributed by atoms with Crippen LogP contribution in [-0.4, -0.2) is 61.1 Å². The first kappa shape index (κ1) is 14.6. The van der Waals surface area contributed by atoms with Gasteiger partial charge in [-0.1, -0.05) is 12.1 Å². The standard InChI is InChI=1S/C16H19N3O3/c1-3-7-17-8-9-18-14(11-17)15(20)19(16(18)21)12-5-4-6-13(10-12)22-2/h3-6,10,14H,1,7-9,11H2,2H3. The Balaban J connectivity index is 1.86. The van der Waals surface area contributed by atoms with Crippen LogP contribution < -0.4 is 9.64 Å². The van der Waals surface area contributed by atoms with Crippen molar-refractivity contribution < 1.29 is 14.3 Å². The summed E-state index contributed by atoms with van der Waals surface area (Å²) in [5.41, 5.74) is 0.555. The SMILES string of the molecule is C=CCN1CCN2C(=O)N(c3cccc(OC)c3)C(=O)C2C1. The monoisotopic (exact) mass is 301 g/mol. The van der Waals surface area contributed by atoms with Crippen molar-refractivity contribution in [1.82, 2.24) is 9.80 Å². The van der Waals surface area contributed by atoms with Crippen LogP contribution >= 0.6 is 0 Å². The van der Waals surface area contributed by atoms with Gasteiger partial charge in [0.15, 0.2) is 0 Å². The van der Waals surface area contributed by atoms with E-state index in [0.29, 0.717) is 24.5 Å². The summed E-state index contributed by atoms with van der Waals surface area (Å²) in [6.45, 7) is 6.32. The molecule has 2 fully saturated rings. The molecule has 2 aliphatic heterocycles. The number of anilines is 1. The number of amides is 3. The second-order valence-corrected chi connectivity index (χ2v) is 5.42. The summed E-state index contributed by atoms with van der Waals surface area (Å²) >= 11 is 0. The highest BCUT2D eigenvalue weighted by molar-refractivity contribution is 6.21. The minimum atomic E-state index is -0.410. The summed E-state index contributed by atoms with van der Waals surface area (Å²) in [6.07, 6.45) is 1.82. The predicted octanol–water partition coefficient (Wildman–Crippen LogP) is 1.33. The molecule has 6 heteroatoms. The molecular weight excluding hydrogens is 282 g/mol. The first-order valence-electron chi connectivity index (χ1n) is 7.27. The molecule has 116 valence electrons. The van der Waals surface area contributed by atoms with Crippen LogP contribution in [-0.2, 0) is 4.79 Å². The molecule has 1 unspecified atom stereocenters. The molecule has 0 radical (unpaired) electrons. The summed E-state index contributed by atoms with van der Waals surface area (Å²) in [5.74, 6) is 0.447. The molecule has 0 spiro atoms. The van der Waals surface area contributed by atoms with Crippen LogP contribution in [0.2, 0.25) is 0 Å². The highest BCUT2D eigenvalue weighted by atomic mass is 16.5. The van der Waals surface area contributed by atoms with Gasteiger partial charge in [0.2, 0.25) is 0 Å². The molecule has 2 heterocycles. The summed E-state index contributed by atoms with van der Waals surface area (Å²) in [4.78, 5) is 30.3. The van der Waals surface area contributed by atoms with Crippen molar-refractivity contribution in [2.24, 2.45) is 0 Å². The number of carbonyl (C=O) groups excluding carboxylic acids is 2. The Kier molecular flexibility index (Phi) is 3.85. The average Bonchev–Trinajstić information content (AvgIpc) is 2.79. The van der Waals surface area contributed by atoms with E-state index in [1.165, 1.54) is 4.90 Å². The number of urea groups is 1. The lowest BCUT2D eigenvalue weighted by Gasteiger charge is -2.34. The Morgan fingerprint density at radius 3 is 2.91 bits per heavy atom. The molecular formula is C16H19N3O3. The lowest BCUT2D eigenvalue weighted by Crippen LogP contribution is -2.52. The van der Waals surface area contributed by atoms with Crippen molar-refractivity contribution in [3.63, 3.8) is 0 Å². The quantitative estimate of drug-likeness (QED) is 0.622. The van der Waals surface area contributed by atoms with Gasteiger partial charge in [-0.05, 0) is 12.1 Å². The number of hydrogen-bond donors (Lipinski definition) is 0. The maximum absolute atomic E-state index is 12.7. The van der Waals surface area contributed by atoms with E-state index in [-0.39, 0.29) is 11.9 Å². The second kappa shape index (κ2) is 5.81. The fourth-order valence-electron chi connectivity index (χ4n) is 2.99. The number of hydrogen-bond acceptors (Lipinski definition) is 4. The number of methoxy groups -OCH3 is 1. The van der Waals surface area contributed by atoms with Crippen LogP contribution in [0.1, 0.15) is 0 Å². The fraction of sp³-hybridized carbons (Fsp3) is 0.375. The highest BCUT2D eigenvalue weighted by Crippen LogP contribution is 2.29. The van der Waals surface area contributed by atoms with E-state index in [1.807, 2.05) is 6.08 Å². The third-order valence-corrected chi connectivity index (χ3v) is 4.11. The average molecular weight is 301 g/mol. The highest BCUT2D eigenvalue weighted by Gasteiger charge is 2.48. The molecule has 1 aromatic rings. The minimum Gasteiger partial charge on any atom is -0.497 e. The van der Waals surface area contributed by atoms with Crippen LogP contribution in [0.4, 0.5) is 10.5 Å². The summed E-state index contributed by atoms with van der Waals surface area (Å²) in [6, 6.07) is 6.35. The number of fused-ring (bicyclic) bond motifs is 1. The van der Waals surface area contributed by atoms with Crippen molar-refractivity contribution in [2.45, 2.75) is 6.04 Å². The Hall–Kier alpha value is -2.34. The van der Waals surface area contributed by atoms with Gasteiger partial charge in [0.1, 0.15) is 11.8 Å². The Labute approximate surface area is 129 Å². The van der Waals surface area contributed by atoms with E-state index in [9.17, 15) is 9.59 Å². The zero-order valence-electron chi connectivity index (χ0n) is 12.6. The van der Waals surface area contributed by atoms with Crippen molar-refractivity contribution >= 4 is 17.6 Å². The van der Waals surface area contributed by atoms with Crippen molar-refractivity contribution in [2.75, 3.05) is 38.2 Å². The Morgan fingerprint density at radius 1 is 1.36 bits per heavy atom. The van der Waals surface area contributed by atoms with Gasteiger partial charge < -0.3 is 9.64 Å². The van der Waals surface area contributed by atoms with Gasteiger partial charge in [-0.3, -0.25) is 9.69 Å². The fourth-order valence-corrected chi connectivity index (χ4v) is 2.99. The molecule has 0 aliphatic carbocycles. The van der Waals surface area contributed by atoms with Gasteiger partial charge in [0.05, 0.1) is 12.8 Å². The number of piperazine rings is 1. The Bertz CT molecular complexity index is 616. The number of benzene rings is 1. The Morgan fingerprint density at radius 2 is 2.18 bits per heavy atom.